The first-order valence-electron chi connectivity index (χ1n) is 6.48. The van der Waals surface area contributed by atoms with Crippen LogP contribution in [-0.4, -0.2) is 12.1 Å². The molecule has 1 atom stereocenters. The summed E-state index contributed by atoms with van der Waals surface area (Å²) in [6.07, 6.45) is 11.1. The molecule has 0 aromatic rings. The number of carbonyl (C=O) groups excluding carboxylic acids is 1. The number of hydrogen-bond acceptors (Lipinski definition) is 2. The normalized spacial score (nSPS) is 12.1. The Morgan fingerprint density at radius 2 is 1.94 bits per heavy atom. The van der Waals surface area contributed by atoms with Gasteiger partial charge in [0.05, 0.1) is 0 Å². The van der Waals surface area contributed by atoms with E-state index in [-0.39, 0.29) is 12.1 Å². The summed E-state index contributed by atoms with van der Waals surface area (Å²) in [6, 6.07) is 0. The molecule has 0 bridgehead atoms. The Morgan fingerprint density at radius 3 is 2.50 bits per heavy atom. The summed E-state index contributed by atoms with van der Waals surface area (Å²) in [5.41, 5.74) is 0. The summed E-state index contributed by atoms with van der Waals surface area (Å²) < 4.78 is 5.27. The van der Waals surface area contributed by atoms with Crippen LogP contribution in [0.25, 0.3) is 0 Å². The van der Waals surface area contributed by atoms with Gasteiger partial charge < -0.3 is 4.74 Å². The van der Waals surface area contributed by atoms with Gasteiger partial charge in [-0.25, -0.2) is 0 Å². The summed E-state index contributed by atoms with van der Waals surface area (Å²) in [4.78, 5) is 10.9. The first kappa shape index (κ1) is 15.2. The van der Waals surface area contributed by atoms with Crippen LogP contribution < -0.4 is 0 Å². The molecule has 0 radical (unpaired) electrons. The lowest BCUT2D eigenvalue weighted by Gasteiger charge is -2.16. The lowest BCUT2D eigenvalue weighted by Crippen LogP contribution is -2.16. The monoisotopic (exact) mass is 226 g/mol. The number of rotatable bonds is 10. The first-order valence-corrected chi connectivity index (χ1v) is 6.48. The van der Waals surface area contributed by atoms with Gasteiger partial charge in [-0.05, 0) is 25.7 Å². The van der Waals surface area contributed by atoms with Gasteiger partial charge in [0.1, 0.15) is 6.10 Å². The molecule has 0 spiro atoms. The van der Waals surface area contributed by atoms with Gasteiger partial charge >= 0.3 is 5.97 Å². The van der Waals surface area contributed by atoms with Gasteiger partial charge in [-0.3, -0.25) is 4.79 Å². The molecule has 94 valence electrons. The number of allylic oxidation sites excluding steroid dienone is 1. The average molecular weight is 226 g/mol. The Balaban J connectivity index is 3.64. The predicted molar refractivity (Wildman–Crippen MR) is 68.4 cm³/mol. The van der Waals surface area contributed by atoms with E-state index in [1.807, 2.05) is 6.08 Å². The third-order valence-corrected chi connectivity index (χ3v) is 2.66. The fourth-order valence-corrected chi connectivity index (χ4v) is 1.78. The van der Waals surface area contributed by atoms with E-state index >= 15 is 0 Å². The Hall–Kier alpha value is -0.790. The summed E-state index contributed by atoms with van der Waals surface area (Å²) in [7, 11) is 0. The van der Waals surface area contributed by atoms with E-state index in [2.05, 4.69) is 13.5 Å². The van der Waals surface area contributed by atoms with Gasteiger partial charge in [-0.15, -0.1) is 6.58 Å². The molecule has 0 saturated heterocycles. The lowest BCUT2D eigenvalue weighted by molar-refractivity contribution is -0.146. The van der Waals surface area contributed by atoms with Gasteiger partial charge in [-0.1, -0.05) is 38.7 Å². The fraction of sp³-hybridized carbons (Fsp3) is 0.786. The van der Waals surface area contributed by atoms with Crippen molar-refractivity contribution >= 4 is 5.97 Å². The molecule has 0 aliphatic heterocycles. The van der Waals surface area contributed by atoms with Crippen molar-refractivity contribution in [1.29, 1.82) is 0 Å². The topological polar surface area (TPSA) is 26.3 Å². The van der Waals surface area contributed by atoms with Crippen molar-refractivity contribution in [2.45, 2.75) is 71.3 Å². The zero-order valence-corrected chi connectivity index (χ0v) is 10.8. The average Bonchev–Trinajstić information content (AvgIpc) is 2.24. The van der Waals surface area contributed by atoms with Crippen LogP contribution in [0.4, 0.5) is 0 Å². The van der Waals surface area contributed by atoms with Crippen LogP contribution in [0.5, 0.6) is 0 Å². The third kappa shape index (κ3) is 9.75. The van der Waals surface area contributed by atoms with Crippen LogP contribution in [0.15, 0.2) is 12.7 Å². The molecule has 0 fully saturated rings. The minimum Gasteiger partial charge on any atom is -0.463 e. The number of esters is 1. The number of carbonyl (C=O) groups is 1. The fourth-order valence-electron chi connectivity index (χ4n) is 1.78. The van der Waals surface area contributed by atoms with Crippen molar-refractivity contribution < 1.29 is 9.53 Å². The van der Waals surface area contributed by atoms with E-state index in [4.69, 9.17) is 4.74 Å². The molecular formula is C14H26O2. The van der Waals surface area contributed by atoms with Crippen molar-refractivity contribution in [3.63, 3.8) is 0 Å². The van der Waals surface area contributed by atoms with Crippen LogP contribution in [0, 0.1) is 0 Å². The molecule has 16 heavy (non-hydrogen) atoms. The highest BCUT2D eigenvalue weighted by atomic mass is 16.5. The van der Waals surface area contributed by atoms with E-state index < -0.39 is 0 Å². The van der Waals surface area contributed by atoms with Crippen LogP contribution in [0.1, 0.15) is 65.2 Å². The molecule has 0 amide bonds. The molecule has 0 aliphatic rings. The minimum atomic E-state index is -0.164. The maximum Gasteiger partial charge on any atom is 0.302 e. The SMILES string of the molecule is C=CCCC(CCCCCCC)OC(C)=O. The van der Waals surface area contributed by atoms with Crippen molar-refractivity contribution in [1.82, 2.24) is 0 Å². The first-order chi connectivity index (χ1) is 7.70. The highest BCUT2D eigenvalue weighted by Gasteiger charge is 2.10. The molecule has 0 heterocycles. The molecule has 0 rings (SSSR count). The van der Waals surface area contributed by atoms with Gasteiger partial charge in [0, 0.05) is 6.92 Å². The summed E-state index contributed by atoms with van der Waals surface area (Å²) in [6.45, 7) is 7.39. The lowest BCUT2D eigenvalue weighted by atomic mass is 10.0. The van der Waals surface area contributed by atoms with Gasteiger partial charge in [0.2, 0.25) is 0 Å². The molecule has 0 aromatic carbocycles. The van der Waals surface area contributed by atoms with Crippen molar-refractivity contribution in [2.75, 3.05) is 0 Å². The summed E-state index contributed by atoms with van der Waals surface area (Å²) in [5.74, 6) is -0.164. The van der Waals surface area contributed by atoms with E-state index in [1.54, 1.807) is 0 Å². The predicted octanol–water partition coefficient (Wildman–Crippen LogP) is 4.24. The zero-order chi connectivity index (χ0) is 12.2. The maximum atomic E-state index is 10.9. The standard InChI is InChI=1S/C14H26O2/c1-4-6-8-9-10-12-14(11-7-5-2)16-13(3)15/h5,14H,2,4,6-12H2,1,3H3. The van der Waals surface area contributed by atoms with E-state index in [9.17, 15) is 4.79 Å². The van der Waals surface area contributed by atoms with Gasteiger partial charge in [0.15, 0.2) is 0 Å². The number of ether oxygens (including phenoxy) is 1. The summed E-state index contributed by atoms with van der Waals surface area (Å²) >= 11 is 0. The molecule has 0 aliphatic carbocycles. The Labute approximate surface area is 100 Å². The molecular weight excluding hydrogens is 200 g/mol. The quantitative estimate of drug-likeness (QED) is 0.316. The zero-order valence-electron chi connectivity index (χ0n) is 10.8. The van der Waals surface area contributed by atoms with E-state index in [1.165, 1.54) is 32.6 Å². The molecule has 2 heteroatoms. The van der Waals surface area contributed by atoms with Crippen molar-refractivity contribution in [3.8, 4) is 0 Å². The minimum absolute atomic E-state index is 0.0946. The van der Waals surface area contributed by atoms with Crippen molar-refractivity contribution in [2.24, 2.45) is 0 Å². The van der Waals surface area contributed by atoms with Gasteiger partial charge in [-0.2, -0.15) is 0 Å². The largest absolute Gasteiger partial charge is 0.463 e. The Kier molecular flexibility index (Phi) is 10.2. The van der Waals surface area contributed by atoms with E-state index in [0.29, 0.717) is 0 Å². The maximum absolute atomic E-state index is 10.9. The van der Waals surface area contributed by atoms with Crippen LogP contribution in [0.2, 0.25) is 0 Å². The number of unbranched alkanes of at least 4 members (excludes halogenated alkanes) is 4. The molecule has 0 N–H and O–H groups in total. The highest BCUT2D eigenvalue weighted by Crippen LogP contribution is 2.14. The second-order valence-electron chi connectivity index (χ2n) is 4.30. The smallest absolute Gasteiger partial charge is 0.302 e. The van der Waals surface area contributed by atoms with Crippen molar-refractivity contribution in [3.05, 3.63) is 12.7 Å². The van der Waals surface area contributed by atoms with Crippen LogP contribution in [0.3, 0.4) is 0 Å². The highest BCUT2D eigenvalue weighted by molar-refractivity contribution is 5.66. The second-order valence-corrected chi connectivity index (χ2v) is 4.30. The van der Waals surface area contributed by atoms with Gasteiger partial charge in [0.25, 0.3) is 0 Å². The van der Waals surface area contributed by atoms with Crippen LogP contribution in [-0.2, 0) is 9.53 Å². The molecule has 2 nitrogen and oxygen atoms in total. The third-order valence-electron chi connectivity index (χ3n) is 2.66. The van der Waals surface area contributed by atoms with E-state index in [0.717, 1.165) is 25.7 Å². The molecule has 0 saturated carbocycles. The Bertz CT molecular complexity index is 187. The number of hydrogen-bond donors (Lipinski definition) is 0. The Morgan fingerprint density at radius 1 is 1.25 bits per heavy atom. The second kappa shape index (κ2) is 10.7. The molecule has 0 aromatic heterocycles. The van der Waals surface area contributed by atoms with Crippen LogP contribution >= 0.6 is 0 Å². The molecule has 1 unspecified atom stereocenters. The summed E-state index contributed by atoms with van der Waals surface area (Å²) in [5, 5.41) is 0.